The van der Waals surface area contributed by atoms with Crippen molar-refractivity contribution in [3.63, 3.8) is 0 Å². The maximum atomic E-state index is 9.11. The molecule has 1 aliphatic carbocycles. The predicted octanol–water partition coefficient (Wildman–Crippen LogP) is 2.69. The van der Waals surface area contributed by atoms with Crippen LogP contribution in [0.3, 0.4) is 0 Å². The van der Waals surface area contributed by atoms with Gasteiger partial charge in [-0.15, -0.1) is 0 Å². The van der Waals surface area contributed by atoms with Crippen LogP contribution in [0.2, 0.25) is 0 Å². The lowest BCUT2D eigenvalue weighted by Gasteiger charge is -2.15. The Morgan fingerprint density at radius 1 is 1.40 bits per heavy atom. The third-order valence-corrected chi connectivity index (χ3v) is 3.94. The molecule has 1 aliphatic rings. The molecule has 0 aliphatic heterocycles. The molecule has 1 heterocycles. The highest BCUT2D eigenvalue weighted by atomic mass is 16.5. The number of benzene rings is 1. The number of furan rings is 1. The van der Waals surface area contributed by atoms with Crippen molar-refractivity contribution in [3.05, 3.63) is 30.0 Å². The van der Waals surface area contributed by atoms with Crippen LogP contribution < -0.4 is 10.1 Å². The zero-order valence-corrected chi connectivity index (χ0v) is 11.8. The number of aliphatic hydroxyl groups excluding tert-OH is 1. The van der Waals surface area contributed by atoms with E-state index in [2.05, 4.69) is 5.32 Å². The van der Waals surface area contributed by atoms with Crippen LogP contribution in [0.1, 0.15) is 25.0 Å². The minimum absolute atomic E-state index is 0.242. The zero-order chi connectivity index (χ0) is 13.9. The van der Waals surface area contributed by atoms with E-state index in [0.717, 1.165) is 34.8 Å². The number of ether oxygens (including phenoxy) is 1. The summed E-state index contributed by atoms with van der Waals surface area (Å²) in [6.45, 7) is 0.948. The van der Waals surface area contributed by atoms with Gasteiger partial charge in [0.25, 0.3) is 0 Å². The van der Waals surface area contributed by atoms with Gasteiger partial charge in [0.15, 0.2) is 0 Å². The SMILES string of the molecule is COc1ccc2oc(CNC(CCO)C3CC3)cc2c1. The molecule has 0 amide bonds. The minimum atomic E-state index is 0.242. The van der Waals surface area contributed by atoms with Crippen molar-refractivity contribution in [3.8, 4) is 5.75 Å². The first-order chi connectivity index (χ1) is 9.80. The molecule has 3 rings (SSSR count). The summed E-state index contributed by atoms with van der Waals surface area (Å²) in [5, 5.41) is 13.7. The molecule has 4 heteroatoms. The van der Waals surface area contributed by atoms with Gasteiger partial charge in [-0.1, -0.05) is 0 Å². The second kappa shape index (κ2) is 5.85. The fraction of sp³-hybridized carbons (Fsp3) is 0.500. The van der Waals surface area contributed by atoms with Gasteiger partial charge >= 0.3 is 0 Å². The lowest BCUT2D eigenvalue weighted by Crippen LogP contribution is -2.31. The first kappa shape index (κ1) is 13.5. The largest absolute Gasteiger partial charge is 0.497 e. The summed E-state index contributed by atoms with van der Waals surface area (Å²) in [6, 6.07) is 8.27. The third kappa shape index (κ3) is 2.97. The Balaban J connectivity index is 1.67. The van der Waals surface area contributed by atoms with E-state index in [9.17, 15) is 0 Å². The van der Waals surface area contributed by atoms with Gasteiger partial charge in [-0.25, -0.2) is 0 Å². The summed E-state index contributed by atoms with van der Waals surface area (Å²) in [5.41, 5.74) is 0.882. The van der Waals surface area contributed by atoms with Crippen molar-refractivity contribution in [2.75, 3.05) is 13.7 Å². The van der Waals surface area contributed by atoms with Crippen molar-refractivity contribution < 1.29 is 14.3 Å². The van der Waals surface area contributed by atoms with Crippen LogP contribution in [-0.2, 0) is 6.54 Å². The molecule has 0 bridgehead atoms. The van der Waals surface area contributed by atoms with Gasteiger partial charge in [-0.3, -0.25) is 0 Å². The molecule has 1 fully saturated rings. The number of hydrogen-bond donors (Lipinski definition) is 2. The average molecular weight is 275 g/mol. The molecule has 20 heavy (non-hydrogen) atoms. The van der Waals surface area contributed by atoms with Gasteiger partial charge in [-0.2, -0.15) is 0 Å². The number of nitrogens with one attached hydrogen (secondary N) is 1. The van der Waals surface area contributed by atoms with Crippen LogP contribution in [0, 0.1) is 5.92 Å². The van der Waals surface area contributed by atoms with E-state index in [0.29, 0.717) is 12.6 Å². The Morgan fingerprint density at radius 3 is 2.95 bits per heavy atom. The summed E-state index contributed by atoms with van der Waals surface area (Å²) < 4.78 is 11.0. The second-order valence-corrected chi connectivity index (χ2v) is 5.45. The molecular formula is C16H21NO3. The zero-order valence-electron chi connectivity index (χ0n) is 11.8. The summed E-state index contributed by atoms with van der Waals surface area (Å²) >= 11 is 0. The summed E-state index contributed by atoms with van der Waals surface area (Å²) in [4.78, 5) is 0. The second-order valence-electron chi connectivity index (χ2n) is 5.45. The molecule has 4 nitrogen and oxygen atoms in total. The molecule has 1 aromatic carbocycles. The molecule has 0 saturated heterocycles. The standard InChI is InChI=1S/C16H21NO3/c1-19-13-4-5-16-12(8-13)9-14(20-16)10-17-15(6-7-18)11-2-3-11/h4-5,8-9,11,15,17-18H,2-3,6-7,10H2,1H3. The Kier molecular flexibility index (Phi) is 3.94. The van der Waals surface area contributed by atoms with Crippen molar-refractivity contribution in [1.29, 1.82) is 0 Å². The normalized spacial score (nSPS) is 16.5. The summed E-state index contributed by atoms with van der Waals surface area (Å²) in [5.74, 6) is 2.50. The van der Waals surface area contributed by atoms with Crippen LogP contribution in [0.15, 0.2) is 28.7 Å². The van der Waals surface area contributed by atoms with Crippen LogP contribution in [0.5, 0.6) is 5.75 Å². The molecule has 2 aromatic rings. The Bertz CT molecular complexity index is 574. The maximum Gasteiger partial charge on any atom is 0.134 e. The first-order valence-electron chi connectivity index (χ1n) is 7.21. The highest BCUT2D eigenvalue weighted by molar-refractivity contribution is 5.79. The fourth-order valence-electron chi connectivity index (χ4n) is 2.66. The third-order valence-electron chi connectivity index (χ3n) is 3.94. The molecule has 108 valence electrons. The van der Waals surface area contributed by atoms with Crippen molar-refractivity contribution in [2.45, 2.75) is 31.8 Å². The molecular weight excluding hydrogens is 254 g/mol. The van der Waals surface area contributed by atoms with Gasteiger partial charge in [0, 0.05) is 18.0 Å². The monoisotopic (exact) mass is 275 g/mol. The average Bonchev–Trinajstić information content (AvgIpc) is 3.22. The van der Waals surface area contributed by atoms with Crippen molar-refractivity contribution in [2.24, 2.45) is 5.92 Å². The summed E-state index contributed by atoms with van der Waals surface area (Å²) in [6.07, 6.45) is 3.36. The van der Waals surface area contributed by atoms with E-state index in [1.807, 2.05) is 24.3 Å². The van der Waals surface area contributed by atoms with E-state index in [4.69, 9.17) is 14.3 Å². The Morgan fingerprint density at radius 2 is 2.25 bits per heavy atom. The lowest BCUT2D eigenvalue weighted by molar-refractivity contribution is 0.254. The molecule has 1 aromatic heterocycles. The molecule has 0 radical (unpaired) electrons. The van der Waals surface area contributed by atoms with Crippen LogP contribution in [0.25, 0.3) is 11.0 Å². The quantitative estimate of drug-likeness (QED) is 0.815. The number of aliphatic hydroxyl groups is 1. The molecule has 1 atom stereocenters. The van der Waals surface area contributed by atoms with Crippen LogP contribution in [-0.4, -0.2) is 24.9 Å². The van der Waals surface area contributed by atoms with E-state index < -0.39 is 0 Å². The number of methoxy groups -OCH3 is 1. The van der Waals surface area contributed by atoms with Gasteiger partial charge in [0.1, 0.15) is 17.1 Å². The lowest BCUT2D eigenvalue weighted by atomic mass is 10.1. The minimum Gasteiger partial charge on any atom is -0.497 e. The van der Waals surface area contributed by atoms with Crippen LogP contribution >= 0.6 is 0 Å². The molecule has 2 N–H and O–H groups in total. The Hall–Kier alpha value is -1.52. The van der Waals surface area contributed by atoms with Gasteiger partial charge < -0.3 is 19.6 Å². The highest BCUT2D eigenvalue weighted by Gasteiger charge is 2.30. The summed E-state index contributed by atoms with van der Waals surface area (Å²) in [7, 11) is 1.67. The number of hydrogen-bond acceptors (Lipinski definition) is 4. The van der Waals surface area contributed by atoms with Crippen molar-refractivity contribution in [1.82, 2.24) is 5.32 Å². The highest BCUT2D eigenvalue weighted by Crippen LogP contribution is 2.34. The Labute approximate surface area is 118 Å². The number of fused-ring (bicyclic) bond motifs is 1. The number of rotatable bonds is 7. The van der Waals surface area contributed by atoms with Gasteiger partial charge in [-0.05, 0) is 49.4 Å². The van der Waals surface area contributed by atoms with Gasteiger partial charge in [0.2, 0.25) is 0 Å². The topological polar surface area (TPSA) is 54.6 Å². The molecule has 1 unspecified atom stereocenters. The fourth-order valence-corrected chi connectivity index (χ4v) is 2.66. The van der Waals surface area contributed by atoms with E-state index in [-0.39, 0.29) is 6.61 Å². The van der Waals surface area contributed by atoms with E-state index in [1.54, 1.807) is 7.11 Å². The first-order valence-corrected chi connectivity index (χ1v) is 7.21. The van der Waals surface area contributed by atoms with E-state index in [1.165, 1.54) is 12.8 Å². The smallest absolute Gasteiger partial charge is 0.134 e. The van der Waals surface area contributed by atoms with Crippen LogP contribution in [0.4, 0.5) is 0 Å². The van der Waals surface area contributed by atoms with E-state index >= 15 is 0 Å². The predicted molar refractivity (Wildman–Crippen MR) is 77.8 cm³/mol. The molecule has 1 saturated carbocycles. The molecule has 0 spiro atoms. The van der Waals surface area contributed by atoms with Gasteiger partial charge in [0.05, 0.1) is 13.7 Å². The maximum absolute atomic E-state index is 9.11. The van der Waals surface area contributed by atoms with Crippen molar-refractivity contribution >= 4 is 11.0 Å².